The maximum atomic E-state index is 14.9. The zero-order chi connectivity index (χ0) is 40.6. The van der Waals surface area contributed by atoms with Gasteiger partial charge in [-0.2, -0.15) is 0 Å². The third-order valence-corrected chi connectivity index (χ3v) is 9.96. The Morgan fingerprint density at radius 1 is 0.828 bits per heavy atom. The standard InChI is InChI=1S/C23H23FN4O3.C21H21FN4O/c1-14(29)21-13-28(8-9-31-21)23(30)17-5-3-2-4-16(17)15-6-7-18(19(24)10-15)20-11-27-22(25)12-26-20;22-18-10-14(7-8-17(18)19-12-26-21(23)13-25-19)16-5-1-2-6-20(16)27-15-4-3-9-24-11-15/h2-7,10-12,14,21,29H,8-9,13H2,1H3,(H2,25,27);1-2,5-8,10,12-13,15,24H,3-4,9,11H2,(H2,23,26)/t;15-/m.1/s1. The van der Waals surface area contributed by atoms with Gasteiger partial charge in [-0.05, 0) is 79.4 Å². The van der Waals surface area contributed by atoms with E-state index in [0.717, 1.165) is 42.8 Å². The average molecular weight is 787 g/mol. The number of aliphatic hydroxyl groups is 1. The minimum atomic E-state index is -0.677. The number of morpholine rings is 1. The lowest BCUT2D eigenvalue weighted by Crippen LogP contribution is -2.49. The first-order chi connectivity index (χ1) is 28.1. The Hall–Kier alpha value is -6.35. The Labute approximate surface area is 334 Å². The van der Waals surface area contributed by atoms with E-state index in [9.17, 15) is 18.7 Å². The lowest BCUT2D eigenvalue weighted by molar-refractivity contribution is -0.0745. The van der Waals surface area contributed by atoms with E-state index in [-0.39, 0.29) is 23.6 Å². The molecule has 2 saturated heterocycles. The third kappa shape index (κ3) is 9.43. The number of halogens is 2. The van der Waals surface area contributed by atoms with E-state index in [2.05, 4.69) is 25.3 Å². The minimum Gasteiger partial charge on any atom is -0.488 e. The molecule has 298 valence electrons. The molecular weight excluding hydrogens is 743 g/mol. The normalized spacial score (nSPS) is 17.1. The minimum absolute atomic E-state index is 0.133. The Morgan fingerprint density at radius 3 is 2.00 bits per heavy atom. The molecule has 0 radical (unpaired) electrons. The average Bonchev–Trinajstić information content (AvgIpc) is 3.25. The molecule has 2 aliphatic rings. The monoisotopic (exact) mass is 786 g/mol. The summed E-state index contributed by atoms with van der Waals surface area (Å²) >= 11 is 0. The molecule has 14 heteroatoms. The molecule has 6 aromatic rings. The summed E-state index contributed by atoms with van der Waals surface area (Å²) < 4.78 is 41.4. The molecule has 8 rings (SSSR count). The number of nitrogens with zero attached hydrogens (tertiary/aromatic N) is 5. The number of aliphatic hydroxyl groups excluding tert-OH is 1. The quantitative estimate of drug-likeness (QED) is 0.134. The van der Waals surface area contributed by atoms with Crippen molar-refractivity contribution in [3.8, 4) is 50.5 Å². The molecule has 2 fully saturated rings. The van der Waals surface area contributed by atoms with Gasteiger partial charge in [0.1, 0.15) is 41.2 Å². The van der Waals surface area contributed by atoms with Gasteiger partial charge in [0, 0.05) is 41.9 Å². The number of nitrogens with two attached hydrogens (primary N) is 2. The van der Waals surface area contributed by atoms with Gasteiger partial charge in [-0.15, -0.1) is 0 Å². The van der Waals surface area contributed by atoms with Crippen LogP contribution in [0.4, 0.5) is 20.4 Å². The zero-order valence-electron chi connectivity index (χ0n) is 31.9. The number of hydrogen-bond donors (Lipinski definition) is 4. The van der Waals surface area contributed by atoms with Crippen LogP contribution in [0, 0.1) is 11.6 Å². The van der Waals surface area contributed by atoms with E-state index in [1.807, 2.05) is 30.3 Å². The zero-order valence-corrected chi connectivity index (χ0v) is 31.9. The van der Waals surface area contributed by atoms with Crippen molar-refractivity contribution < 1.29 is 28.2 Å². The molecule has 1 amide bonds. The molecule has 2 unspecified atom stereocenters. The van der Waals surface area contributed by atoms with E-state index in [1.54, 1.807) is 54.3 Å². The fourth-order valence-corrected chi connectivity index (χ4v) is 6.89. The van der Waals surface area contributed by atoms with E-state index >= 15 is 0 Å². The number of para-hydroxylation sites is 1. The highest BCUT2D eigenvalue weighted by Crippen LogP contribution is 2.34. The Balaban J connectivity index is 0.000000178. The first-order valence-corrected chi connectivity index (χ1v) is 19.0. The lowest BCUT2D eigenvalue weighted by atomic mass is 9.96. The van der Waals surface area contributed by atoms with E-state index in [1.165, 1.54) is 36.9 Å². The molecule has 3 atom stereocenters. The van der Waals surface area contributed by atoms with Crippen molar-refractivity contribution in [2.45, 2.75) is 38.1 Å². The van der Waals surface area contributed by atoms with Gasteiger partial charge in [0.05, 0.1) is 48.9 Å². The highest BCUT2D eigenvalue weighted by atomic mass is 19.1. The Morgan fingerprint density at radius 2 is 1.43 bits per heavy atom. The number of anilines is 2. The number of hydrogen-bond acceptors (Lipinski definition) is 11. The van der Waals surface area contributed by atoms with Crippen molar-refractivity contribution in [3.05, 3.63) is 127 Å². The summed E-state index contributed by atoms with van der Waals surface area (Å²) in [5, 5.41) is 13.2. The lowest BCUT2D eigenvalue weighted by Gasteiger charge is -2.34. The van der Waals surface area contributed by atoms with Crippen molar-refractivity contribution in [2.75, 3.05) is 44.3 Å². The smallest absolute Gasteiger partial charge is 0.254 e. The Kier molecular flexibility index (Phi) is 12.6. The van der Waals surface area contributed by atoms with Crippen molar-refractivity contribution in [2.24, 2.45) is 0 Å². The predicted octanol–water partition coefficient (Wildman–Crippen LogP) is 6.42. The van der Waals surface area contributed by atoms with Crippen LogP contribution in [0.2, 0.25) is 0 Å². The van der Waals surface area contributed by atoms with Crippen molar-refractivity contribution in [1.82, 2.24) is 30.2 Å². The number of nitrogen functional groups attached to an aromatic ring is 2. The number of rotatable bonds is 8. The van der Waals surface area contributed by atoms with E-state index in [0.29, 0.717) is 64.7 Å². The van der Waals surface area contributed by atoms with Crippen molar-refractivity contribution in [1.29, 1.82) is 0 Å². The van der Waals surface area contributed by atoms with Crippen LogP contribution in [0.5, 0.6) is 5.75 Å². The van der Waals surface area contributed by atoms with Gasteiger partial charge in [0.15, 0.2) is 0 Å². The summed E-state index contributed by atoms with van der Waals surface area (Å²) in [7, 11) is 0. The van der Waals surface area contributed by atoms with E-state index in [4.69, 9.17) is 20.9 Å². The summed E-state index contributed by atoms with van der Waals surface area (Å²) in [4.78, 5) is 31.1. The summed E-state index contributed by atoms with van der Waals surface area (Å²) in [5.74, 6) is 0.317. The molecule has 12 nitrogen and oxygen atoms in total. The summed E-state index contributed by atoms with van der Waals surface area (Å²) in [6, 6.07) is 24.7. The van der Waals surface area contributed by atoms with Crippen molar-refractivity contribution >= 4 is 17.5 Å². The van der Waals surface area contributed by atoms with Crippen LogP contribution in [0.3, 0.4) is 0 Å². The second-order valence-corrected chi connectivity index (χ2v) is 14.1. The third-order valence-electron chi connectivity index (χ3n) is 9.96. The summed E-state index contributed by atoms with van der Waals surface area (Å²) in [6.45, 7) is 4.59. The number of aromatic nitrogens is 4. The number of amides is 1. The topological polar surface area (TPSA) is 175 Å². The summed E-state index contributed by atoms with van der Waals surface area (Å²) in [6.07, 6.45) is 6.83. The first-order valence-electron chi connectivity index (χ1n) is 19.0. The van der Waals surface area contributed by atoms with Crippen LogP contribution in [0.1, 0.15) is 30.1 Å². The molecule has 2 aromatic heterocycles. The maximum Gasteiger partial charge on any atom is 0.254 e. The summed E-state index contributed by atoms with van der Waals surface area (Å²) in [5.41, 5.74) is 15.9. The molecule has 4 heterocycles. The largest absolute Gasteiger partial charge is 0.488 e. The number of benzene rings is 4. The van der Waals surface area contributed by atoms with Crippen LogP contribution in [0.15, 0.2) is 110 Å². The predicted molar refractivity (Wildman–Crippen MR) is 218 cm³/mol. The number of carbonyl (C=O) groups is 1. The van der Waals surface area contributed by atoms with Gasteiger partial charge in [-0.1, -0.05) is 48.5 Å². The van der Waals surface area contributed by atoms with Crippen LogP contribution in [-0.4, -0.2) is 86.9 Å². The van der Waals surface area contributed by atoms with Crippen LogP contribution < -0.4 is 21.5 Å². The highest BCUT2D eigenvalue weighted by Gasteiger charge is 2.29. The second kappa shape index (κ2) is 18.3. The second-order valence-electron chi connectivity index (χ2n) is 14.1. The number of piperidine rings is 1. The van der Waals surface area contributed by atoms with Crippen LogP contribution >= 0.6 is 0 Å². The number of carbonyl (C=O) groups excluding carboxylic acids is 1. The SMILES string of the molecule is CC(O)C1CN(C(=O)c2ccccc2-c2ccc(-c3cnc(N)cn3)c(F)c2)CCO1.Nc1cnc(-c2ccc(-c3ccccc3O[C@@H]3CCCNC3)cc2F)cn1. The van der Waals surface area contributed by atoms with Crippen molar-refractivity contribution in [3.63, 3.8) is 0 Å². The van der Waals surface area contributed by atoms with Crippen LogP contribution in [-0.2, 0) is 4.74 Å². The molecule has 0 aliphatic carbocycles. The molecule has 58 heavy (non-hydrogen) atoms. The highest BCUT2D eigenvalue weighted by molar-refractivity contribution is 6.01. The van der Waals surface area contributed by atoms with Gasteiger partial charge >= 0.3 is 0 Å². The maximum absolute atomic E-state index is 14.9. The van der Waals surface area contributed by atoms with Gasteiger partial charge in [0.2, 0.25) is 0 Å². The van der Waals surface area contributed by atoms with Gasteiger partial charge in [-0.3, -0.25) is 14.8 Å². The molecular formula is C44H44F2N8O4. The number of ether oxygens (including phenoxy) is 2. The number of nitrogens with one attached hydrogen (secondary N) is 1. The van der Waals surface area contributed by atoms with Crippen LogP contribution in [0.25, 0.3) is 44.8 Å². The molecule has 6 N–H and O–H groups in total. The van der Waals surface area contributed by atoms with Gasteiger partial charge in [-0.25, -0.2) is 18.7 Å². The Bertz CT molecular complexity index is 2340. The molecule has 0 bridgehead atoms. The van der Waals surface area contributed by atoms with Gasteiger partial charge in [0.25, 0.3) is 5.91 Å². The van der Waals surface area contributed by atoms with Gasteiger partial charge < -0.3 is 36.3 Å². The molecule has 2 aliphatic heterocycles. The fourth-order valence-electron chi connectivity index (χ4n) is 6.89. The molecule has 4 aromatic carbocycles. The van der Waals surface area contributed by atoms with E-state index < -0.39 is 18.0 Å². The first kappa shape index (κ1) is 39.9. The molecule has 0 saturated carbocycles. The fraction of sp³-hybridized carbons (Fsp3) is 0.250. The molecule has 0 spiro atoms.